The Morgan fingerprint density at radius 3 is 2.83 bits per heavy atom. The molecule has 0 fully saturated rings. The Balaban J connectivity index is 2.53. The van der Waals surface area contributed by atoms with Crippen LogP contribution in [-0.2, 0) is 9.59 Å². The van der Waals surface area contributed by atoms with Crippen molar-refractivity contribution in [2.45, 2.75) is 13.3 Å². The van der Waals surface area contributed by atoms with E-state index in [0.717, 1.165) is 0 Å². The minimum absolute atomic E-state index is 0.149. The maximum absolute atomic E-state index is 10.8. The van der Waals surface area contributed by atoms with E-state index in [1.807, 2.05) is 0 Å². The Morgan fingerprint density at radius 1 is 1.58 bits per heavy atom. The topological polar surface area (TPSA) is 56.5 Å². The second kappa shape index (κ2) is 3.71. The van der Waals surface area contributed by atoms with E-state index in [1.54, 1.807) is 6.92 Å². The van der Waals surface area contributed by atoms with Crippen molar-refractivity contribution in [2.75, 3.05) is 0 Å². The van der Waals surface area contributed by atoms with Crippen molar-refractivity contribution in [3.63, 3.8) is 0 Å². The number of Topliss-reactive ketones (excluding diaryl/α,β-unsaturated/α-hetero) is 1. The summed E-state index contributed by atoms with van der Waals surface area (Å²) in [5.41, 5.74) is 0. The lowest BCUT2D eigenvalue weighted by atomic mass is 10.3. The second-order valence-corrected chi connectivity index (χ2v) is 2.13. The van der Waals surface area contributed by atoms with Gasteiger partial charge in [0.05, 0.1) is 6.26 Å². The van der Waals surface area contributed by atoms with Crippen LogP contribution in [-0.4, -0.2) is 11.8 Å². The zero-order chi connectivity index (χ0) is 8.97. The van der Waals surface area contributed by atoms with Crippen LogP contribution in [0.5, 0.6) is 5.75 Å². The number of hydrogen-bond acceptors (Lipinski definition) is 4. The van der Waals surface area contributed by atoms with Gasteiger partial charge >= 0.3 is 5.97 Å². The molecule has 4 heteroatoms. The quantitative estimate of drug-likeness (QED) is 0.502. The number of ether oxygens (including phenoxy) is 1. The fraction of sp³-hybridized carbons (Fsp3) is 0.250. The average Bonchev–Trinajstić information content (AvgIpc) is 2.55. The van der Waals surface area contributed by atoms with Gasteiger partial charge in [0.15, 0.2) is 5.75 Å². The molecule has 64 valence electrons. The molecule has 1 aromatic heterocycles. The highest BCUT2D eigenvalue weighted by molar-refractivity contribution is 6.34. The minimum Gasteiger partial charge on any atom is -0.469 e. The van der Waals surface area contributed by atoms with E-state index in [9.17, 15) is 9.59 Å². The first kappa shape index (κ1) is 8.52. The Bertz CT molecular complexity index is 273. The SMILES string of the molecule is CCC(=O)C(=O)Oc1ccoc1. The Labute approximate surface area is 69.1 Å². The van der Waals surface area contributed by atoms with Gasteiger partial charge in [0, 0.05) is 12.5 Å². The summed E-state index contributed by atoms with van der Waals surface area (Å²) in [5, 5.41) is 0. The third-order valence-electron chi connectivity index (χ3n) is 1.25. The minimum atomic E-state index is -0.848. The molecule has 0 spiro atoms. The maximum Gasteiger partial charge on any atom is 0.380 e. The summed E-state index contributed by atoms with van der Waals surface area (Å²) < 4.78 is 9.27. The van der Waals surface area contributed by atoms with Crippen molar-refractivity contribution in [1.82, 2.24) is 0 Å². The van der Waals surface area contributed by atoms with Gasteiger partial charge in [0.2, 0.25) is 5.78 Å². The first-order chi connectivity index (χ1) is 5.74. The van der Waals surface area contributed by atoms with E-state index in [0.29, 0.717) is 0 Å². The van der Waals surface area contributed by atoms with Crippen molar-refractivity contribution in [3.05, 3.63) is 18.6 Å². The molecule has 0 unspecified atom stereocenters. The zero-order valence-corrected chi connectivity index (χ0v) is 6.57. The highest BCUT2D eigenvalue weighted by Gasteiger charge is 2.13. The molecule has 0 amide bonds. The number of esters is 1. The van der Waals surface area contributed by atoms with Crippen LogP contribution in [0.1, 0.15) is 13.3 Å². The van der Waals surface area contributed by atoms with Gasteiger partial charge in [0.25, 0.3) is 0 Å². The van der Waals surface area contributed by atoms with E-state index in [1.165, 1.54) is 18.6 Å². The van der Waals surface area contributed by atoms with Crippen LogP contribution >= 0.6 is 0 Å². The highest BCUT2D eigenvalue weighted by Crippen LogP contribution is 2.10. The van der Waals surface area contributed by atoms with Gasteiger partial charge < -0.3 is 9.15 Å². The lowest BCUT2D eigenvalue weighted by Crippen LogP contribution is -2.18. The van der Waals surface area contributed by atoms with E-state index in [-0.39, 0.29) is 12.2 Å². The number of rotatable bonds is 3. The summed E-state index contributed by atoms with van der Waals surface area (Å²) in [6, 6.07) is 1.46. The predicted molar refractivity (Wildman–Crippen MR) is 39.6 cm³/mol. The maximum atomic E-state index is 10.8. The normalized spacial score (nSPS) is 9.42. The molecule has 1 rings (SSSR count). The molecule has 0 aliphatic rings. The Hall–Kier alpha value is -1.58. The molecule has 1 aromatic rings. The van der Waals surface area contributed by atoms with Crippen molar-refractivity contribution in [3.8, 4) is 5.75 Å². The molecule has 12 heavy (non-hydrogen) atoms. The van der Waals surface area contributed by atoms with Crippen LogP contribution in [0.4, 0.5) is 0 Å². The fourth-order valence-corrected chi connectivity index (χ4v) is 0.618. The Morgan fingerprint density at radius 2 is 2.33 bits per heavy atom. The van der Waals surface area contributed by atoms with E-state index >= 15 is 0 Å². The standard InChI is InChI=1S/C8H8O4/c1-2-7(9)8(10)12-6-3-4-11-5-6/h3-5H,2H2,1H3. The van der Waals surface area contributed by atoms with Crippen LogP contribution in [0.15, 0.2) is 23.0 Å². The van der Waals surface area contributed by atoms with Gasteiger partial charge in [-0.15, -0.1) is 0 Å². The molecular formula is C8H8O4. The van der Waals surface area contributed by atoms with Gasteiger partial charge in [-0.05, 0) is 0 Å². The molecule has 0 N–H and O–H groups in total. The number of carbonyl (C=O) groups is 2. The third-order valence-corrected chi connectivity index (χ3v) is 1.25. The number of ketones is 1. The molecule has 0 aliphatic heterocycles. The largest absolute Gasteiger partial charge is 0.469 e. The Kier molecular flexibility index (Phi) is 2.63. The van der Waals surface area contributed by atoms with Crippen molar-refractivity contribution >= 4 is 11.8 Å². The molecule has 1 heterocycles. The molecular weight excluding hydrogens is 160 g/mol. The summed E-state index contributed by atoms with van der Waals surface area (Å²) in [5.74, 6) is -1.14. The lowest BCUT2D eigenvalue weighted by molar-refractivity contribution is -0.146. The van der Waals surface area contributed by atoms with E-state index < -0.39 is 11.8 Å². The van der Waals surface area contributed by atoms with E-state index in [4.69, 9.17) is 0 Å². The van der Waals surface area contributed by atoms with Crippen LogP contribution in [0.3, 0.4) is 0 Å². The highest BCUT2D eigenvalue weighted by atomic mass is 16.5. The van der Waals surface area contributed by atoms with Crippen molar-refractivity contribution in [1.29, 1.82) is 0 Å². The zero-order valence-electron chi connectivity index (χ0n) is 6.57. The summed E-state index contributed by atoms with van der Waals surface area (Å²) in [7, 11) is 0. The lowest BCUT2D eigenvalue weighted by Gasteiger charge is -1.96. The first-order valence-electron chi connectivity index (χ1n) is 3.51. The van der Waals surface area contributed by atoms with E-state index in [2.05, 4.69) is 9.15 Å². The molecule has 0 aromatic carbocycles. The molecule has 0 bridgehead atoms. The average molecular weight is 168 g/mol. The van der Waals surface area contributed by atoms with Crippen LogP contribution < -0.4 is 4.74 Å². The molecule has 0 saturated heterocycles. The van der Waals surface area contributed by atoms with Crippen LogP contribution in [0.25, 0.3) is 0 Å². The van der Waals surface area contributed by atoms with Crippen LogP contribution in [0.2, 0.25) is 0 Å². The monoisotopic (exact) mass is 168 g/mol. The summed E-state index contributed by atoms with van der Waals surface area (Å²) in [4.78, 5) is 21.6. The smallest absolute Gasteiger partial charge is 0.380 e. The summed E-state index contributed by atoms with van der Waals surface area (Å²) in [6.07, 6.45) is 2.76. The van der Waals surface area contributed by atoms with Crippen molar-refractivity contribution in [2.24, 2.45) is 0 Å². The summed E-state index contributed by atoms with van der Waals surface area (Å²) in [6.45, 7) is 1.60. The third kappa shape index (κ3) is 1.95. The van der Waals surface area contributed by atoms with Crippen LogP contribution in [0, 0.1) is 0 Å². The molecule has 0 aliphatic carbocycles. The molecule has 0 atom stereocenters. The number of hydrogen-bond donors (Lipinski definition) is 0. The summed E-state index contributed by atoms with van der Waals surface area (Å²) >= 11 is 0. The first-order valence-corrected chi connectivity index (χ1v) is 3.51. The van der Waals surface area contributed by atoms with Gasteiger partial charge in [-0.1, -0.05) is 6.92 Å². The van der Waals surface area contributed by atoms with Gasteiger partial charge in [0.1, 0.15) is 6.26 Å². The van der Waals surface area contributed by atoms with Gasteiger partial charge in [-0.3, -0.25) is 4.79 Å². The fourth-order valence-electron chi connectivity index (χ4n) is 0.618. The number of carbonyl (C=O) groups excluding carboxylic acids is 2. The predicted octanol–water partition coefficient (Wildman–Crippen LogP) is 1.16. The molecule has 0 radical (unpaired) electrons. The number of furan rings is 1. The van der Waals surface area contributed by atoms with Gasteiger partial charge in [-0.2, -0.15) is 0 Å². The van der Waals surface area contributed by atoms with Crippen molar-refractivity contribution < 1.29 is 18.7 Å². The molecule has 0 saturated carbocycles. The second-order valence-electron chi connectivity index (χ2n) is 2.13. The van der Waals surface area contributed by atoms with Gasteiger partial charge in [-0.25, -0.2) is 4.79 Å². The molecule has 4 nitrogen and oxygen atoms in total.